The Labute approximate surface area is 135 Å². The van der Waals surface area contributed by atoms with Gasteiger partial charge in [-0.25, -0.2) is 4.79 Å². The molecule has 1 spiro atoms. The molecule has 128 valence electrons. The molecule has 23 heavy (non-hydrogen) atoms. The first kappa shape index (κ1) is 16.2. The number of rotatable bonds is 1. The van der Waals surface area contributed by atoms with E-state index in [1.165, 1.54) is 0 Å². The molecule has 0 aliphatic carbocycles. The van der Waals surface area contributed by atoms with Crippen molar-refractivity contribution < 1.29 is 19.4 Å². The number of nitrogens with zero attached hydrogens (tertiary/aromatic N) is 2. The van der Waals surface area contributed by atoms with E-state index < -0.39 is 29.4 Å². The van der Waals surface area contributed by atoms with Gasteiger partial charge in [0.15, 0.2) is 0 Å². The summed E-state index contributed by atoms with van der Waals surface area (Å²) in [5.74, 6) is 0.182. The van der Waals surface area contributed by atoms with Gasteiger partial charge >= 0.3 is 6.09 Å². The Hall–Kier alpha value is -1.67. The van der Waals surface area contributed by atoms with E-state index in [2.05, 4.69) is 15.6 Å². The highest BCUT2D eigenvalue weighted by atomic mass is 16.6. The summed E-state index contributed by atoms with van der Waals surface area (Å²) in [6.45, 7) is 7.91. The summed E-state index contributed by atoms with van der Waals surface area (Å²) in [5, 5.41) is 15.7. The van der Waals surface area contributed by atoms with Crippen molar-refractivity contribution in [2.75, 3.05) is 13.1 Å². The van der Waals surface area contributed by atoms with Gasteiger partial charge in [-0.3, -0.25) is 20.0 Å². The Balaban J connectivity index is 1.86. The van der Waals surface area contributed by atoms with E-state index >= 15 is 0 Å². The van der Waals surface area contributed by atoms with Gasteiger partial charge in [0.1, 0.15) is 23.0 Å². The van der Waals surface area contributed by atoms with E-state index in [4.69, 9.17) is 4.74 Å². The summed E-state index contributed by atoms with van der Waals surface area (Å²) in [4.78, 5) is 30.8. The van der Waals surface area contributed by atoms with Gasteiger partial charge in [-0.05, 0) is 34.1 Å². The van der Waals surface area contributed by atoms with E-state index in [0.29, 0.717) is 25.3 Å². The molecule has 8 heteroatoms. The standard InChI is InChI=1S/C15H24N4O4/c1-8(20)10-11(21)18-12-15(7-16-12)5-9(17-10)6-19(15)13(22)23-14(2,3)4/h8-10,17,20H,5-7H2,1-4H3,(H,16,18,21). The number of carbonyl (C=O) groups excluding carboxylic acids is 2. The molecule has 3 rings (SSSR count). The number of hydrogen-bond donors (Lipinski definition) is 3. The van der Waals surface area contributed by atoms with Crippen molar-refractivity contribution in [2.45, 2.75) is 63.4 Å². The van der Waals surface area contributed by atoms with Crippen LogP contribution in [0.4, 0.5) is 4.79 Å². The molecule has 0 radical (unpaired) electrons. The molecule has 0 aromatic heterocycles. The Morgan fingerprint density at radius 3 is 2.74 bits per heavy atom. The lowest BCUT2D eigenvalue weighted by atomic mass is 9.86. The highest BCUT2D eigenvalue weighted by Crippen LogP contribution is 2.38. The molecule has 2 saturated heterocycles. The van der Waals surface area contributed by atoms with Gasteiger partial charge in [0.25, 0.3) is 0 Å². The predicted molar refractivity (Wildman–Crippen MR) is 83.1 cm³/mol. The van der Waals surface area contributed by atoms with Crippen LogP contribution < -0.4 is 10.6 Å². The fourth-order valence-electron chi connectivity index (χ4n) is 3.41. The highest BCUT2D eigenvalue weighted by Gasteiger charge is 2.58. The van der Waals surface area contributed by atoms with Crippen LogP contribution in [0.25, 0.3) is 0 Å². The molecular formula is C15H24N4O4. The van der Waals surface area contributed by atoms with Crippen LogP contribution in [0.5, 0.6) is 0 Å². The number of amidine groups is 1. The zero-order valence-corrected chi connectivity index (χ0v) is 13.9. The molecule has 4 unspecified atom stereocenters. The van der Waals surface area contributed by atoms with Crippen molar-refractivity contribution in [3.05, 3.63) is 0 Å². The second kappa shape index (κ2) is 5.17. The molecule has 0 aromatic carbocycles. The number of fused-ring (bicyclic) bond motifs is 1. The normalized spacial score (nSPS) is 34.4. The SMILES string of the molecule is CC(O)C1NC2CN(C(=O)OC(C)(C)C)C3(CN=C3NC1=O)C2. The van der Waals surface area contributed by atoms with E-state index in [1.807, 2.05) is 20.8 Å². The van der Waals surface area contributed by atoms with Crippen LogP contribution in [0.1, 0.15) is 34.1 Å². The monoisotopic (exact) mass is 324 g/mol. The van der Waals surface area contributed by atoms with Gasteiger partial charge in [-0.15, -0.1) is 0 Å². The van der Waals surface area contributed by atoms with Crippen LogP contribution in [0.15, 0.2) is 4.99 Å². The number of ether oxygens (including phenoxy) is 1. The number of nitrogens with one attached hydrogen (secondary N) is 2. The van der Waals surface area contributed by atoms with Crippen LogP contribution in [0.2, 0.25) is 0 Å². The molecule has 3 aliphatic heterocycles. The molecule has 2 fully saturated rings. The minimum atomic E-state index is -0.834. The fourth-order valence-corrected chi connectivity index (χ4v) is 3.41. The van der Waals surface area contributed by atoms with E-state index in [1.54, 1.807) is 11.8 Å². The molecule has 2 amide bonds. The lowest BCUT2D eigenvalue weighted by molar-refractivity contribution is -0.124. The number of hydrogen-bond acceptors (Lipinski definition) is 6. The fraction of sp³-hybridized carbons (Fsp3) is 0.800. The smallest absolute Gasteiger partial charge is 0.411 e. The van der Waals surface area contributed by atoms with Gasteiger partial charge in [-0.2, -0.15) is 0 Å². The molecule has 8 nitrogen and oxygen atoms in total. The van der Waals surface area contributed by atoms with Crippen molar-refractivity contribution in [3.63, 3.8) is 0 Å². The van der Waals surface area contributed by atoms with Crippen LogP contribution in [0, 0.1) is 0 Å². The van der Waals surface area contributed by atoms with Gasteiger partial charge < -0.3 is 15.2 Å². The van der Waals surface area contributed by atoms with Crippen molar-refractivity contribution >= 4 is 17.8 Å². The first-order chi connectivity index (χ1) is 10.6. The summed E-state index contributed by atoms with van der Waals surface area (Å²) >= 11 is 0. The maximum Gasteiger partial charge on any atom is 0.411 e. The van der Waals surface area contributed by atoms with Crippen LogP contribution in [-0.4, -0.2) is 70.3 Å². The maximum absolute atomic E-state index is 12.6. The molecule has 4 atom stereocenters. The summed E-state index contributed by atoms with van der Waals surface area (Å²) in [7, 11) is 0. The minimum Gasteiger partial charge on any atom is -0.444 e. The van der Waals surface area contributed by atoms with Crippen molar-refractivity contribution in [2.24, 2.45) is 4.99 Å². The summed E-state index contributed by atoms with van der Waals surface area (Å²) in [5.41, 5.74) is -1.18. The van der Waals surface area contributed by atoms with Crippen molar-refractivity contribution in [1.29, 1.82) is 0 Å². The number of aliphatic imine (C=N–C) groups is 1. The zero-order chi connectivity index (χ0) is 17.0. The third-order valence-electron chi connectivity index (χ3n) is 4.48. The first-order valence-corrected chi connectivity index (χ1v) is 7.93. The number of amides is 2. The zero-order valence-electron chi connectivity index (χ0n) is 13.9. The molecule has 0 saturated carbocycles. The number of likely N-dealkylation sites (tertiary alicyclic amines) is 1. The van der Waals surface area contributed by atoms with Crippen molar-refractivity contribution in [1.82, 2.24) is 15.5 Å². The lowest BCUT2D eigenvalue weighted by Crippen LogP contribution is -2.68. The highest BCUT2D eigenvalue weighted by molar-refractivity contribution is 6.09. The van der Waals surface area contributed by atoms with Crippen LogP contribution in [-0.2, 0) is 9.53 Å². The second-order valence-electron chi connectivity index (χ2n) is 7.56. The Morgan fingerprint density at radius 1 is 1.52 bits per heavy atom. The number of aliphatic hydroxyl groups is 1. The Bertz CT molecular complexity index is 568. The third kappa shape index (κ3) is 2.70. The quantitative estimate of drug-likeness (QED) is 0.610. The van der Waals surface area contributed by atoms with E-state index in [-0.39, 0.29) is 11.9 Å². The summed E-state index contributed by atoms with van der Waals surface area (Å²) in [6, 6.07) is -0.807. The van der Waals surface area contributed by atoms with Gasteiger partial charge in [0.2, 0.25) is 5.91 Å². The maximum atomic E-state index is 12.6. The Kier molecular flexibility index (Phi) is 3.64. The van der Waals surface area contributed by atoms with Gasteiger partial charge in [0, 0.05) is 12.6 Å². The molecule has 3 heterocycles. The molecule has 0 aromatic rings. The average molecular weight is 324 g/mol. The van der Waals surface area contributed by atoms with E-state index in [0.717, 1.165) is 0 Å². The van der Waals surface area contributed by atoms with Crippen LogP contribution >= 0.6 is 0 Å². The topological polar surface area (TPSA) is 103 Å². The minimum absolute atomic E-state index is 0.0846. The molecule has 2 bridgehead atoms. The van der Waals surface area contributed by atoms with Gasteiger partial charge in [0.05, 0.1) is 12.6 Å². The largest absolute Gasteiger partial charge is 0.444 e. The van der Waals surface area contributed by atoms with Crippen LogP contribution in [0.3, 0.4) is 0 Å². The molecule has 3 N–H and O–H groups in total. The lowest BCUT2D eigenvalue weighted by Gasteiger charge is -2.44. The summed E-state index contributed by atoms with van der Waals surface area (Å²) < 4.78 is 5.50. The third-order valence-corrected chi connectivity index (χ3v) is 4.48. The first-order valence-electron chi connectivity index (χ1n) is 7.93. The number of carbonyl (C=O) groups is 2. The predicted octanol–water partition coefficient (Wildman–Crippen LogP) is -0.384. The van der Waals surface area contributed by atoms with Gasteiger partial charge in [-0.1, -0.05) is 0 Å². The number of aliphatic hydroxyl groups excluding tert-OH is 1. The molecule has 3 aliphatic rings. The van der Waals surface area contributed by atoms with Crippen molar-refractivity contribution in [3.8, 4) is 0 Å². The Morgan fingerprint density at radius 2 is 2.22 bits per heavy atom. The summed E-state index contributed by atoms with van der Waals surface area (Å²) in [6.07, 6.45) is -0.591. The van der Waals surface area contributed by atoms with E-state index in [9.17, 15) is 14.7 Å². The molecular weight excluding hydrogens is 300 g/mol. The average Bonchev–Trinajstić information content (AvgIpc) is 2.80. The second-order valence-corrected chi connectivity index (χ2v) is 7.56.